The van der Waals surface area contributed by atoms with Gasteiger partial charge in [-0.15, -0.1) is 0 Å². The number of hydrogen-bond donors (Lipinski definition) is 3. The minimum atomic E-state index is -1.05. The Balaban J connectivity index is 4.75. The lowest BCUT2D eigenvalue weighted by atomic mass is 9.98. The second kappa shape index (κ2) is 8.61. The summed E-state index contributed by atoms with van der Waals surface area (Å²) in [7, 11) is 0. The number of alkyl carbamates (subject to hydrolysis) is 1. The molecule has 0 saturated heterocycles. The molecule has 2 atom stereocenters. The highest BCUT2D eigenvalue weighted by molar-refractivity contribution is 5.94. The van der Waals surface area contributed by atoms with Crippen molar-refractivity contribution < 1.29 is 19.1 Å². The fraction of sp³-hybridized carbons (Fsp3) is 0.786. The summed E-state index contributed by atoms with van der Waals surface area (Å²) < 4.78 is 5.07. The lowest BCUT2D eigenvalue weighted by Gasteiger charge is -2.24. The van der Waals surface area contributed by atoms with Crippen LogP contribution in [0, 0.1) is 0 Å². The van der Waals surface area contributed by atoms with Crippen molar-refractivity contribution in [3.05, 3.63) is 0 Å². The number of primary amides is 1. The summed E-state index contributed by atoms with van der Waals surface area (Å²) in [6.07, 6.45) is 1.13. The molecule has 0 aliphatic rings. The van der Waals surface area contributed by atoms with Gasteiger partial charge in [0.15, 0.2) is 5.78 Å². The van der Waals surface area contributed by atoms with Crippen LogP contribution in [-0.4, -0.2) is 35.5 Å². The summed E-state index contributed by atoms with van der Waals surface area (Å²) in [5.74, 6) is -1.10. The molecule has 0 bridgehead atoms. The number of ether oxygens (including phenoxy) is 1. The number of rotatable bonds is 8. The quantitative estimate of drug-likeness (QED) is 0.612. The van der Waals surface area contributed by atoms with Gasteiger partial charge in [0.2, 0.25) is 5.91 Å². The van der Waals surface area contributed by atoms with Crippen LogP contribution < -0.4 is 16.8 Å². The molecule has 0 aromatic heterocycles. The van der Waals surface area contributed by atoms with Crippen molar-refractivity contribution in [3.63, 3.8) is 0 Å². The largest absolute Gasteiger partial charge is 0.444 e. The van der Waals surface area contributed by atoms with Gasteiger partial charge in [0, 0.05) is 0 Å². The number of nitrogens with two attached hydrogens (primary N) is 2. The monoisotopic (exact) mass is 301 g/mol. The van der Waals surface area contributed by atoms with Crippen LogP contribution in [0.5, 0.6) is 0 Å². The molecule has 7 heteroatoms. The van der Waals surface area contributed by atoms with E-state index in [-0.39, 0.29) is 6.42 Å². The number of carbonyl (C=O) groups excluding carboxylic acids is 3. The average molecular weight is 301 g/mol. The van der Waals surface area contributed by atoms with Gasteiger partial charge in [-0.1, -0.05) is 19.8 Å². The van der Waals surface area contributed by atoms with E-state index in [1.165, 1.54) is 0 Å². The first-order valence-corrected chi connectivity index (χ1v) is 7.14. The predicted octanol–water partition coefficient (Wildman–Crippen LogP) is 0.842. The van der Waals surface area contributed by atoms with Gasteiger partial charge in [-0.25, -0.2) is 4.79 Å². The van der Waals surface area contributed by atoms with Crippen LogP contribution in [0.1, 0.15) is 53.4 Å². The molecule has 0 saturated carbocycles. The van der Waals surface area contributed by atoms with Crippen LogP contribution in [0.25, 0.3) is 0 Å². The highest BCUT2D eigenvalue weighted by Gasteiger charge is 2.28. The molecule has 0 aromatic carbocycles. The molecule has 122 valence electrons. The third-order valence-electron chi connectivity index (χ3n) is 2.67. The summed E-state index contributed by atoms with van der Waals surface area (Å²) >= 11 is 0. The van der Waals surface area contributed by atoms with Crippen LogP contribution in [-0.2, 0) is 14.3 Å². The first-order valence-electron chi connectivity index (χ1n) is 7.14. The van der Waals surface area contributed by atoms with Crippen LogP contribution in [0.4, 0.5) is 4.79 Å². The van der Waals surface area contributed by atoms with E-state index in [4.69, 9.17) is 16.2 Å². The molecular weight excluding hydrogens is 274 g/mol. The van der Waals surface area contributed by atoms with Gasteiger partial charge >= 0.3 is 6.09 Å². The minimum Gasteiger partial charge on any atom is -0.444 e. The van der Waals surface area contributed by atoms with E-state index in [1.807, 2.05) is 6.92 Å². The Morgan fingerprint density at radius 3 is 2.24 bits per heavy atom. The van der Waals surface area contributed by atoms with Gasteiger partial charge in [-0.2, -0.15) is 0 Å². The number of hydrogen-bond acceptors (Lipinski definition) is 5. The van der Waals surface area contributed by atoms with Crippen molar-refractivity contribution in [2.24, 2.45) is 11.5 Å². The smallest absolute Gasteiger partial charge is 0.408 e. The molecule has 0 aliphatic heterocycles. The Hall–Kier alpha value is -1.63. The number of unbranched alkanes of at least 4 members (excludes halogenated alkanes) is 1. The zero-order valence-corrected chi connectivity index (χ0v) is 13.3. The number of amides is 2. The lowest BCUT2D eigenvalue weighted by Crippen LogP contribution is -2.50. The predicted molar refractivity (Wildman–Crippen MR) is 79.5 cm³/mol. The Morgan fingerprint density at radius 2 is 1.81 bits per heavy atom. The molecular formula is C14H27N3O4. The second-order valence-corrected chi connectivity index (χ2v) is 6.02. The zero-order chi connectivity index (χ0) is 16.6. The Bertz CT molecular complexity index is 377. The Morgan fingerprint density at radius 1 is 1.24 bits per heavy atom. The van der Waals surface area contributed by atoms with Crippen LogP contribution >= 0.6 is 0 Å². The van der Waals surface area contributed by atoms with Crippen molar-refractivity contribution in [3.8, 4) is 0 Å². The molecule has 0 fully saturated rings. The van der Waals surface area contributed by atoms with E-state index in [9.17, 15) is 14.4 Å². The molecule has 7 nitrogen and oxygen atoms in total. The third-order valence-corrected chi connectivity index (χ3v) is 2.67. The van der Waals surface area contributed by atoms with E-state index in [0.29, 0.717) is 6.42 Å². The molecule has 0 rings (SSSR count). The summed E-state index contributed by atoms with van der Waals surface area (Å²) in [6, 6.07) is -1.78. The molecule has 0 aliphatic carbocycles. The molecule has 0 spiro atoms. The molecule has 2 amide bonds. The summed E-state index contributed by atoms with van der Waals surface area (Å²) in [5.41, 5.74) is 10.2. The van der Waals surface area contributed by atoms with Gasteiger partial charge in [-0.3, -0.25) is 9.59 Å². The molecule has 0 heterocycles. The molecule has 21 heavy (non-hydrogen) atoms. The number of nitrogens with one attached hydrogen (secondary N) is 1. The van der Waals surface area contributed by atoms with Crippen LogP contribution in [0.15, 0.2) is 0 Å². The van der Waals surface area contributed by atoms with E-state index in [2.05, 4.69) is 5.32 Å². The summed E-state index contributed by atoms with van der Waals surface area (Å²) in [4.78, 5) is 35.0. The maximum Gasteiger partial charge on any atom is 0.408 e. The third kappa shape index (κ3) is 9.01. The fourth-order valence-electron chi connectivity index (χ4n) is 1.70. The van der Waals surface area contributed by atoms with Crippen molar-refractivity contribution in [1.82, 2.24) is 5.32 Å². The first kappa shape index (κ1) is 19.4. The van der Waals surface area contributed by atoms with Gasteiger partial charge in [0.1, 0.15) is 11.6 Å². The van der Waals surface area contributed by atoms with Crippen LogP contribution in [0.3, 0.4) is 0 Å². The van der Waals surface area contributed by atoms with Gasteiger partial charge < -0.3 is 21.5 Å². The Labute approximate surface area is 125 Å². The minimum absolute atomic E-state index is 0.294. The normalized spacial score (nSPS) is 14.1. The highest BCUT2D eigenvalue weighted by atomic mass is 16.6. The topological polar surface area (TPSA) is 125 Å². The molecule has 1 unspecified atom stereocenters. The maximum absolute atomic E-state index is 12.2. The van der Waals surface area contributed by atoms with Crippen LogP contribution in [0.2, 0.25) is 0 Å². The van der Waals surface area contributed by atoms with Gasteiger partial charge in [0.25, 0.3) is 0 Å². The summed E-state index contributed by atoms with van der Waals surface area (Å²) in [6.45, 7) is 7.08. The molecule has 5 N–H and O–H groups in total. The average Bonchev–Trinajstić information content (AvgIpc) is 2.31. The van der Waals surface area contributed by atoms with Gasteiger partial charge in [0.05, 0.1) is 12.5 Å². The van der Waals surface area contributed by atoms with Gasteiger partial charge in [-0.05, 0) is 27.2 Å². The fourth-order valence-corrected chi connectivity index (χ4v) is 1.70. The Kier molecular flexibility index (Phi) is 7.94. The number of carbonyl (C=O) groups is 3. The van der Waals surface area contributed by atoms with E-state index < -0.39 is 35.5 Å². The highest BCUT2D eigenvalue weighted by Crippen LogP contribution is 2.09. The van der Waals surface area contributed by atoms with Crippen molar-refractivity contribution in [1.29, 1.82) is 0 Å². The van der Waals surface area contributed by atoms with Crippen molar-refractivity contribution in [2.75, 3.05) is 0 Å². The zero-order valence-electron chi connectivity index (χ0n) is 13.3. The maximum atomic E-state index is 12.2. The number of Topliss-reactive ketones (excluding diaryl/α,β-unsaturated/α-hetero) is 1. The molecule has 0 aromatic rings. The summed E-state index contributed by atoms with van der Waals surface area (Å²) in [5, 5.41) is 2.37. The first-order chi connectivity index (χ1) is 9.56. The lowest BCUT2D eigenvalue weighted by molar-refractivity contribution is -0.126. The van der Waals surface area contributed by atoms with Crippen molar-refractivity contribution >= 4 is 17.8 Å². The second-order valence-electron chi connectivity index (χ2n) is 6.02. The number of ketones is 1. The molecule has 0 radical (unpaired) electrons. The van der Waals surface area contributed by atoms with Crippen molar-refractivity contribution in [2.45, 2.75) is 71.1 Å². The van der Waals surface area contributed by atoms with E-state index in [1.54, 1.807) is 20.8 Å². The van der Waals surface area contributed by atoms with E-state index in [0.717, 1.165) is 12.8 Å². The SMILES string of the molecule is CCCCC(N)C(=O)[C@@H](CC(N)=O)NC(=O)OC(C)(C)C. The standard InChI is InChI=1S/C14H27N3O4/c1-5-6-7-9(15)12(19)10(8-11(16)18)17-13(20)21-14(2,3)4/h9-10H,5-8,15H2,1-4H3,(H2,16,18)(H,17,20)/t9?,10-/m1/s1. The van der Waals surface area contributed by atoms with E-state index >= 15 is 0 Å².